The molecule has 0 unspecified atom stereocenters. The molecule has 0 fully saturated rings. The van der Waals surface area contributed by atoms with Gasteiger partial charge in [0.2, 0.25) is 11.6 Å². The van der Waals surface area contributed by atoms with Crippen LogP contribution in [0.4, 0.5) is 5.82 Å². The number of benzene rings is 1. The molecule has 2 aromatic heterocycles. The second-order valence-electron chi connectivity index (χ2n) is 6.30. The van der Waals surface area contributed by atoms with Crippen LogP contribution in [0.25, 0.3) is 5.82 Å². The molecule has 2 heterocycles. The Kier molecular flexibility index (Phi) is 7.48. The van der Waals surface area contributed by atoms with Crippen LogP contribution < -0.4 is 26.4 Å². The highest BCUT2D eigenvalue weighted by Gasteiger charge is 2.23. The van der Waals surface area contributed by atoms with E-state index in [2.05, 4.69) is 35.8 Å². The summed E-state index contributed by atoms with van der Waals surface area (Å²) in [5, 5.41) is 18.8. The van der Waals surface area contributed by atoms with Crippen LogP contribution in [0.3, 0.4) is 0 Å². The maximum atomic E-state index is 12.6. The van der Waals surface area contributed by atoms with Gasteiger partial charge < -0.3 is 25.7 Å². The minimum Gasteiger partial charge on any atom is -0.490 e. The van der Waals surface area contributed by atoms with E-state index in [9.17, 15) is 9.59 Å². The highest BCUT2D eigenvalue weighted by atomic mass is 16.6. The average molecular weight is 459 g/mol. The maximum absolute atomic E-state index is 12.6. The number of aromatic nitrogens is 5. The Hall–Kier alpha value is -4.53. The Balaban J connectivity index is 1.75. The average Bonchev–Trinajstić information content (AvgIpc) is 3.39. The SMILES string of the molecule is CCOc1cc(C=NNC(=O)c2nnn(-c3nonc3N)c2COC)ccc1OCC(N)=O. The molecule has 174 valence electrons. The molecule has 15 nitrogen and oxygen atoms in total. The number of hydrogen-bond acceptors (Lipinski definition) is 12. The zero-order valence-corrected chi connectivity index (χ0v) is 17.7. The first-order valence-electron chi connectivity index (χ1n) is 9.47. The standard InChI is InChI=1S/C18H21N9O6/c1-3-31-13-6-10(4-5-12(13)32-9-14(19)28)7-21-23-18(29)15-11(8-30-2)27(26-22-15)17-16(20)24-33-25-17/h4-7H,3,8-9H2,1-2H3,(H2,19,28)(H2,20,24)(H,23,29). The molecule has 1 aromatic carbocycles. The Morgan fingerprint density at radius 2 is 2.09 bits per heavy atom. The molecule has 3 aromatic rings. The Bertz CT molecular complexity index is 1160. The first-order chi connectivity index (χ1) is 15.9. The minimum atomic E-state index is -0.647. The molecule has 2 amide bonds. The molecule has 33 heavy (non-hydrogen) atoms. The number of carbonyl (C=O) groups is 2. The molecule has 0 bridgehead atoms. The Morgan fingerprint density at radius 1 is 1.27 bits per heavy atom. The number of carbonyl (C=O) groups excluding carboxylic acids is 2. The summed E-state index contributed by atoms with van der Waals surface area (Å²) in [6.45, 7) is 1.86. The monoisotopic (exact) mass is 459 g/mol. The van der Waals surface area contributed by atoms with Gasteiger partial charge in [-0.15, -0.1) is 5.10 Å². The highest BCUT2D eigenvalue weighted by molar-refractivity contribution is 5.94. The van der Waals surface area contributed by atoms with Crippen LogP contribution in [0, 0.1) is 0 Å². The van der Waals surface area contributed by atoms with E-state index in [-0.39, 0.29) is 36.2 Å². The quantitative estimate of drug-likeness (QED) is 0.244. The van der Waals surface area contributed by atoms with Gasteiger partial charge in [0.25, 0.3) is 11.8 Å². The summed E-state index contributed by atoms with van der Waals surface area (Å²) in [6.07, 6.45) is 1.39. The van der Waals surface area contributed by atoms with Crippen molar-refractivity contribution in [3.05, 3.63) is 35.2 Å². The summed E-state index contributed by atoms with van der Waals surface area (Å²) in [5.41, 5.74) is 13.9. The highest BCUT2D eigenvalue weighted by Crippen LogP contribution is 2.28. The van der Waals surface area contributed by atoms with Gasteiger partial charge in [-0.3, -0.25) is 9.59 Å². The van der Waals surface area contributed by atoms with Gasteiger partial charge in [0.15, 0.2) is 23.8 Å². The number of methoxy groups -OCH3 is 1. The largest absolute Gasteiger partial charge is 0.490 e. The second kappa shape index (κ2) is 10.7. The lowest BCUT2D eigenvalue weighted by Crippen LogP contribution is -2.21. The number of rotatable bonds is 11. The van der Waals surface area contributed by atoms with Gasteiger partial charge in [0, 0.05) is 7.11 Å². The number of nitrogens with two attached hydrogens (primary N) is 2. The van der Waals surface area contributed by atoms with Crippen LogP contribution in [0.15, 0.2) is 27.9 Å². The third-order valence-electron chi connectivity index (χ3n) is 3.97. The molecule has 0 aliphatic heterocycles. The van der Waals surface area contributed by atoms with Crippen LogP contribution in [-0.4, -0.2) is 63.7 Å². The lowest BCUT2D eigenvalue weighted by Gasteiger charge is -2.11. The third kappa shape index (κ3) is 5.59. The molecule has 0 atom stereocenters. The first kappa shape index (κ1) is 23.1. The molecule has 15 heteroatoms. The maximum Gasteiger partial charge on any atom is 0.293 e. The van der Waals surface area contributed by atoms with Crippen molar-refractivity contribution in [3.63, 3.8) is 0 Å². The van der Waals surface area contributed by atoms with E-state index in [1.807, 2.05) is 0 Å². The molecule has 0 spiro atoms. The van der Waals surface area contributed by atoms with E-state index in [4.69, 9.17) is 25.7 Å². The Morgan fingerprint density at radius 3 is 2.76 bits per heavy atom. The van der Waals surface area contributed by atoms with Gasteiger partial charge in [-0.2, -0.15) is 9.78 Å². The molecule has 0 aliphatic rings. The van der Waals surface area contributed by atoms with Crippen molar-refractivity contribution in [3.8, 4) is 17.3 Å². The van der Waals surface area contributed by atoms with Crippen molar-refractivity contribution in [2.75, 3.05) is 26.1 Å². The van der Waals surface area contributed by atoms with Gasteiger partial charge >= 0.3 is 0 Å². The van der Waals surface area contributed by atoms with Gasteiger partial charge in [0.05, 0.1) is 19.4 Å². The zero-order valence-electron chi connectivity index (χ0n) is 17.7. The topological polar surface area (TPSA) is 208 Å². The summed E-state index contributed by atoms with van der Waals surface area (Å²) in [5.74, 6) is -0.490. The number of hydrazone groups is 1. The fourth-order valence-electron chi connectivity index (χ4n) is 2.61. The van der Waals surface area contributed by atoms with E-state index in [1.165, 1.54) is 18.0 Å². The normalized spacial score (nSPS) is 11.0. The predicted octanol–water partition coefficient (Wildman–Crippen LogP) is -0.594. The van der Waals surface area contributed by atoms with Gasteiger partial charge in [-0.1, -0.05) is 5.21 Å². The summed E-state index contributed by atoms with van der Waals surface area (Å²) < 4.78 is 21.7. The van der Waals surface area contributed by atoms with Crippen molar-refractivity contribution >= 4 is 23.8 Å². The lowest BCUT2D eigenvalue weighted by molar-refractivity contribution is -0.119. The van der Waals surface area contributed by atoms with Crippen LogP contribution in [-0.2, 0) is 16.1 Å². The van der Waals surface area contributed by atoms with Crippen LogP contribution in [0.5, 0.6) is 11.5 Å². The number of nitrogens with zero attached hydrogens (tertiary/aromatic N) is 6. The van der Waals surface area contributed by atoms with E-state index in [1.54, 1.807) is 25.1 Å². The van der Waals surface area contributed by atoms with Crippen molar-refractivity contribution in [2.45, 2.75) is 13.5 Å². The molecule has 5 N–H and O–H groups in total. The predicted molar refractivity (Wildman–Crippen MR) is 112 cm³/mol. The summed E-state index contributed by atoms with van der Waals surface area (Å²) in [4.78, 5) is 23.5. The fourth-order valence-corrected chi connectivity index (χ4v) is 2.61. The Labute approximate surface area is 186 Å². The molecular weight excluding hydrogens is 438 g/mol. The van der Waals surface area contributed by atoms with Crippen LogP contribution >= 0.6 is 0 Å². The number of ether oxygens (including phenoxy) is 3. The van der Waals surface area contributed by atoms with Gasteiger partial charge in [-0.05, 0) is 41.0 Å². The second-order valence-corrected chi connectivity index (χ2v) is 6.30. The fraction of sp³-hybridized carbons (Fsp3) is 0.278. The van der Waals surface area contributed by atoms with Crippen molar-refractivity contribution in [1.29, 1.82) is 0 Å². The number of anilines is 1. The summed E-state index contributed by atoms with van der Waals surface area (Å²) >= 11 is 0. The van der Waals surface area contributed by atoms with Crippen LogP contribution in [0.1, 0.15) is 28.7 Å². The number of amides is 2. The molecular formula is C18H21N9O6. The van der Waals surface area contributed by atoms with Crippen molar-refractivity contribution in [2.24, 2.45) is 10.8 Å². The smallest absolute Gasteiger partial charge is 0.293 e. The molecule has 3 rings (SSSR count). The molecule has 0 radical (unpaired) electrons. The number of nitrogens with one attached hydrogen (secondary N) is 1. The first-order valence-corrected chi connectivity index (χ1v) is 9.47. The summed E-state index contributed by atoms with van der Waals surface area (Å²) in [6, 6.07) is 4.87. The van der Waals surface area contributed by atoms with E-state index in [0.717, 1.165) is 0 Å². The number of primary amides is 1. The van der Waals surface area contributed by atoms with E-state index < -0.39 is 11.8 Å². The molecule has 0 aliphatic carbocycles. The van der Waals surface area contributed by atoms with Crippen molar-refractivity contribution < 1.29 is 28.4 Å². The van der Waals surface area contributed by atoms with Crippen molar-refractivity contribution in [1.82, 2.24) is 30.7 Å². The van der Waals surface area contributed by atoms with Gasteiger partial charge in [-0.25, -0.2) is 10.1 Å². The van der Waals surface area contributed by atoms with Gasteiger partial charge in [0.1, 0.15) is 5.69 Å². The van der Waals surface area contributed by atoms with E-state index >= 15 is 0 Å². The number of nitrogen functional groups attached to an aromatic ring is 1. The molecule has 0 saturated heterocycles. The molecule has 0 saturated carbocycles. The van der Waals surface area contributed by atoms with E-state index in [0.29, 0.717) is 23.7 Å². The third-order valence-corrected chi connectivity index (χ3v) is 3.97. The minimum absolute atomic E-state index is 0.0176. The lowest BCUT2D eigenvalue weighted by atomic mass is 10.2. The number of hydrogen-bond donors (Lipinski definition) is 3. The van der Waals surface area contributed by atoms with Crippen LogP contribution in [0.2, 0.25) is 0 Å². The summed E-state index contributed by atoms with van der Waals surface area (Å²) in [7, 11) is 1.44. The zero-order chi connectivity index (χ0) is 23.8.